The van der Waals surface area contributed by atoms with Crippen molar-refractivity contribution < 1.29 is 9.53 Å². The van der Waals surface area contributed by atoms with E-state index in [1.54, 1.807) is 0 Å². The highest BCUT2D eigenvalue weighted by molar-refractivity contribution is 5.68. The number of nitrogens with one attached hydrogen (secondary N) is 1. The molecule has 1 aliphatic carbocycles. The van der Waals surface area contributed by atoms with Crippen LogP contribution in [0.3, 0.4) is 0 Å². The Hall–Kier alpha value is -1.71. The van der Waals surface area contributed by atoms with Crippen molar-refractivity contribution in [2.75, 3.05) is 18.0 Å². The van der Waals surface area contributed by atoms with E-state index in [1.807, 2.05) is 20.8 Å². The number of ether oxygens (including phenoxy) is 1. The van der Waals surface area contributed by atoms with Crippen molar-refractivity contribution in [1.82, 2.24) is 5.32 Å². The lowest BCUT2D eigenvalue weighted by Gasteiger charge is -2.39. The summed E-state index contributed by atoms with van der Waals surface area (Å²) in [5, 5.41) is 3.12. The summed E-state index contributed by atoms with van der Waals surface area (Å²) in [7, 11) is 0. The number of rotatable bonds is 2. The number of amides is 1. The molecular formula is C18H26N2O2. The number of para-hydroxylation sites is 1. The zero-order valence-corrected chi connectivity index (χ0v) is 13.7. The summed E-state index contributed by atoms with van der Waals surface area (Å²) in [6.45, 7) is 7.74. The molecule has 2 bridgehead atoms. The van der Waals surface area contributed by atoms with E-state index in [2.05, 4.69) is 40.5 Å². The first-order valence-electron chi connectivity index (χ1n) is 8.22. The van der Waals surface area contributed by atoms with Gasteiger partial charge in [-0.3, -0.25) is 0 Å². The lowest BCUT2D eigenvalue weighted by atomic mass is 9.92. The normalized spacial score (nSPS) is 27.6. The number of benzene rings is 1. The average Bonchev–Trinajstić information content (AvgIpc) is 2.69. The molecule has 4 heteroatoms. The summed E-state index contributed by atoms with van der Waals surface area (Å²) in [4.78, 5) is 14.5. The Bertz CT molecular complexity index is 510. The van der Waals surface area contributed by atoms with Crippen LogP contribution in [-0.2, 0) is 4.74 Å². The van der Waals surface area contributed by atoms with Crippen LogP contribution in [-0.4, -0.2) is 30.8 Å². The minimum atomic E-state index is -0.437. The first-order valence-corrected chi connectivity index (χ1v) is 8.22. The standard InChI is InChI=1S/C18H26N2O2/c1-18(2,3)22-17(21)19-16-13-9-10-14(16)12-20(11-13)15-7-5-4-6-8-15/h4-8,13-14,16H,9-12H2,1-3H3,(H,19,21). The zero-order valence-electron chi connectivity index (χ0n) is 13.7. The van der Waals surface area contributed by atoms with Gasteiger partial charge in [0.25, 0.3) is 0 Å². The van der Waals surface area contributed by atoms with Crippen molar-refractivity contribution in [3.63, 3.8) is 0 Å². The van der Waals surface area contributed by atoms with Crippen LogP contribution in [0.1, 0.15) is 33.6 Å². The van der Waals surface area contributed by atoms with Crippen LogP contribution in [0.2, 0.25) is 0 Å². The maximum absolute atomic E-state index is 12.1. The fourth-order valence-corrected chi connectivity index (χ4v) is 3.75. The molecule has 0 radical (unpaired) electrons. The van der Waals surface area contributed by atoms with Crippen molar-refractivity contribution in [3.8, 4) is 0 Å². The third-order valence-electron chi connectivity index (χ3n) is 4.64. The quantitative estimate of drug-likeness (QED) is 0.910. The van der Waals surface area contributed by atoms with Crippen LogP contribution in [0.25, 0.3) is 0 Å². The molecule has 22 heavy (non-hydrogen) atoms. The molecule has 1 saturated carbocycles. The molecule has 1 aromatic carbocycles. The maximum Gasteiger partial charge on any atom is 0.407 e. The second-order valence-corrected chi connectivity index (χ2v) is 7.51. The number of piperidine rings is 1. The summed E-state index contributed by atoms with van der Waals surface area (Å²) < 4.78 is 5.41. The Kier molecular flexibility index (Phi) is 4.02. The molecule has 1 amide bonds. The van der Waals surface area contributed by atoms with Crippen molar-refractivity contribution >= 4 is 11.8 Å². The Morgan fingerprint density at radius 1 is 1.14 bits per heavy atom. The number of anilines is 1. The van der Waals surface area contributed by atoms with Crippen LogP contribution in [0.15, 0.2) is 30.3 Å². The van der Waals surface area contributed by atoms with Crippen LogP contribution >= 0.6 is 0 Å². The van der Waals surface area contributed by atoms with Crippen molar-refractivity contribution in [3.05, 3.63) is 30.3 Å². The van der Waals surface area contributed by atoms with Crippen LogP contribution < -0.4 is 10.2 Å². The molecule has 1 saturated heterocycles. The summed E-state index contributed by atoms with van der Waals surface area (Å²) in [5.74, 6) is 1.04. The summed E-state index contributed by atoms with van der Waals surface area (Å²) in [6.07, 6.45) is 2.10. The molecule has 3 rings (SSSR count). The van der Waals surface area contributed by atoms with Gasteiger partial charge in [-0.25, -0.2) is 4.79 Å². The van der Waals surface area contributed by atoms with E-state index in [9.17, 15) is 4.79 Å². The molecule has 1 heterocycles. The van der Waals surface area contributed by atoms with Gasteiger partial charge >= 0.3 is 6.09 Å². The zero-order chi connectivity index (χ0) is 15.7. The van der Waals surface area contributed by atoms with Crippen molar-refractivity contribution in [2.45, 2.75) is 45.3 Å². The largest absolute Gasteiger partial charge is 0.444 e. The van der Waals surface area contributed by atoms with Gasteiger partial charge in [-0.2, -0.15) is 0 Å². The maximum atomic E-state index is 12.1. The second kappa shape index (κ2) is 5.82. The summed E-state index contributed by atoms with van der Waals surface area (Å²) in [5.41, 5.74) is 0.851. The van der Waals surface area contributed by atoms with Gasteiger partial charge in [-0.15, -0.1) is 0 Å². The molecular weight excluding hydrogens is 276 g/mol. The molecule has 1 aromatic rings. The van der Waals surface area contributed by atoms with Gasteiger partial charge in [0.05, 0.1) is 0 Å². The van der Waals surface area contributed by atoms with Gasteiger partial charge in [0.1, 0.15) is 5.60 Å². The number of carbonyl (C=O) groups is 1. The van der Waals surface area contributed by atoms with Gasteiger partial charge < -0.3 is 15.0 Å². The smallest absolute Gasteiger partial charge is 0.407 e. The lowest BCUT2D eigenvalue weighted by molar-refractivity contribution is 0.0472. The number of fused-ring (bicyclic) bond motifs is 2. The topological polar surface area (TPSA) is 41.6 Å². The Balaban J connectivity index is 1.63. The monoisotopic (exact) mass is 302 g/mol. The SMILES string of the molecule is CC(C)(C)OC(=O)NC1C2CCC1CN(c1ccccc1)C2. The van der Waals surface area contributed by atoms with E-state index < -0.39 is 5.60 Å². The molecule has 1 N–H and O–H groups in total. The van der Waals surface area contributed by atoms with Gasteiger partial charge in [0, 0.05) is 24.8 Å². The van der Waals surface area contributed by atoms with Gasteiger partial charge in [0.2, 0.25) is 0 Å². The minimum Gasteiger partial charge on any atom is -0.444 e. The van der Waals surface area contributed by atoms with Crippen LogP contribution in [0, 0.1) is 11.8 Å². The summed E-state index contributed by atoms with van der Waals surface area (Å²) in [6, 6.07) is 10.8. The number of carbonyl (C=O) groups excluding carboxylic acids is 1. The lowest BCUT2D eigenvalue weighted by Crippen LogP contribution is -2.53. The number of nitrogens with zero attached hydrogens (tertiary/aromatic N) is 1. The molecule has 2 unspecified atom stereocenters. The first-order chi connectivity index (χ1) is 10.4. The van der Waals surface area contributed by atoms with Crippen molar-refractivity contribution in [2.24, 2.45) is 11.8 Å². The van der Waals surface area contributed by atoms with Crippen molar-refractivity contribution in [1.29, 1.82) is 0 Å². The van der Waals surface area contributed by atoms with Gasteiger partial charge in [-0.05, 0) is 57.6 Å². The van der Waals surface area contributed by atoms with E-state index in [0.717, 1.165) is 13.1 Å². The molecule has 2 atom stereocenters. The number of hydrogen-bond donors (Lipinski definition) is 1. The third-order valence-corrected chi connectivity index (χ3v) is 4.64. The van der Waals surface area contributed by atoms with E-state index in [0.29, 0.717) is 11.8 Å². The molecule has 120 valence electrons. The first kappa shape index (κ1) is 15.2. The molecule has 0 aromatic heterocycles. The summed E-state index contributed by atoms with van der Waals surface area (Å²) >= 11 is 0. The predicted molar refractivity (Wildman–Crippen MR) is 88.0 cm³/mol. The molecule has 0 spiro atoms. The average molecular weight is 302 g/mol. The van der Waals surface area contributed by atoms with E-state index in [4.69, 9.17) is 4.74 Å². The van der Waals surface area contributed by atoms with Crippen LogP contribution in [0.5, 0.6) is 0 Å². The van der Waals surface area contributed by atoms with E-state index in [1.165, 1.54) is 18.5 Å². The van der Waals surface area contributed by atoms with E-state index >= 15 is 0 Å². The Labute approximate surface area is 132 Å². The van der Waals surface area contributed by atoms with Gasteiger partial charge in [-0.1, -0.05) is 18.2 Å². The van der Waals surface area contributed by atoms with Crippen LogP contribution in [0.4, 0.5) is 10.5 Å². The molecule has 2 fully saturated rings. The highest BCUT2D eigenvalue weighted by atomic mass is 16.6. The third kappa shape index (κ3) is 3.37. The minimum absolute atomic E-state index is 0.259. The van der Waals surface area contributed by atoms with E-state index in [-0.39, 0.29) is 12.1 Å². The Morgan fingerprint density at radius 3 is 2.27 bits per heavy atom. The predicted octanol–water partition coefficient (Wildman–Crippen LogP) is 3.43. The molecule has 2 aliphatic rings. The molecule has 1 aliphatic heterocycles. The second-order valence-electron chi connectivity index (χ2n) is 7.51. The highest BCUT2D eigenvalue weighted by Gasteiger charge is 2.43. The fourth-order valence-electron chi connectivity index (χ4n) is 3.75. The number of hydrogen-bond acceptors (Lipinski definition) is 3. The molecule has 4 nitrogen and oxygen atoms in total. The Morgan fingerprint density at radius 2 is 1.73 bits per heavy atom. The fraction of sp³-hybridized carbons (Fsp3) is 0.611. The highest BCUT2D eigenvalue weighted by Crippen LogP contribution is 2.38. The van der Waals surface area contributed by atoms with Gasteiger partial charge in [0.15, 0.2) is 0 Å². The number of alkyl carbamates (subject to hydrolysis) is 1.